The van der Waals surface area contributed by atoms with Crippen LogP contribution in [-0.2, 0) is 28.6 Å². The average Bonchev–Trinajstić information content (AvgIpc) is 2.94. The van der Waals surface area contributed by atoms with Crippen LogP contribution in [0.3, 0.4) is 0 Å². The van der Waals surface area contributed by atoms with Gasteiger partial charge in [-0.25, -0.2) is 0 Å². The fourth-order valence-electron chi connectivity index (χ4n) is 6.92. The highest BCUT2D eigenvalue weighted by atomic mass is 16.6. The molecule has 2 saturated heterocycles. The summed E-state index contributed by atoms with van der Waals surface area (Å²) in [6.45, 7) is 15.4. The van der Waals surface area contributed by atoms with Crippen molar-refractivity contribution in [2.75, 3.05) is 0 Å². The normalized spacial score (nSPS) is 46.6. The van der Waals surface area contributed by atoms with Gasteiger partial charge in [-0.3, -0.25) is 14.4 Å². The lowest BCUT2D eigenvalue weighted by Gasteiger charge is -2.38. The van der Waals surface area contributed by atoms with Crippen LogP contribution in [0.4, 0.5) is 0 Å². The first-order valence-corrected chi connectivity index (χ1v) is 11.2. The van der Waals surface area contributed by atoms with Gasteiger partial charge in [0, 0.05) is 19.8 Å². The summed E-state index contributed by atoms with van der Waals surface area (Å²) in [6, 6.07) is 0. The number of ketones is 1. The van der Waals surface area contributed by atoms with E-state index in [1.165, 1.54) is 13.8 Å². The van der Waals surface area contributed by atoms with Gasteiger partial charge in [0.1, 0.15) is 17.8 Å². The van der Waals surface area contributed by atoms with E-state index >= 15 is 0 Å². The minimum absolute atomic E-state index is 0.0484. The number of esters is 2. The van der Waals surface area contributed by atoms with E-state index in [-0.39, 0.29) is 29.1 Å². The predicted octanol–water partition coefficient (Wildman–Crippen LogP) is 3.47. The molecule has 2 aliphatic carbocycles. The van der Waals surface area contributed by atoms with E-state index in [0.29, 0.717) is 24.7 Å². The first kappa shape index (κ1) is 21.5. The maximum absolute atomic E-state index is 13.8. The van der Waals surface area contributed by atoms with Crippen LogP contribution in [0.5, 0.6) is 0 Å². The minimum Gasteiger partial charge on any atom is -0.462 e. The summed E-state index contributed by atoms with van der Waals surface area (Å²) in [6.07, 6.45) is 0.644. The molecule has 0 radical (unpaired) electrons. The fourth-order valence-corrected chi connectivity index (χ4v) is 6.92. The molecule has 0 aromatic heterocycles. The van der Waals surface area contributed by atoms with Gasteiger partial charge in [0.05, 0.1) is 12.0 Å². The number of hydrogen-bond acceptors (Lipinski definition) is 6. The standard InChI is InChI=1S/C24H34O6/c1-11-8-9-16-17(23(16,6)7)21-13(3)22(27)24(30-21)10-12(2)20(29-15(5)26)18(24)19(11)28-14(4)25/h12-13,16-21H,1,8-10H2,2-7H3/t12-,13-,16-,17-,18-,19-,20-,21+,24-/m0/s1. The Kier molecular flexibility index (Phi) is 4.96. The smallest absolute Gasteiger partial charge is 0.303 e. The van der Waals surface area contributed by atoms with E-state index in [1.807, 2.05) is 13.8 Å². The van der Waals surface area contributed by atoms with E-state index in [4.69, 9.17) is 14.2 Å². The van der Waals surface area contributed by atoms with Crippen molar-refractivity contribution in [2.45, 2.75) is 84.7 Å². The van der Waals surface area contributed by atoms with E-state index in [9.17, 15) is 14.4 Å². The van der Waals surface area contributed by atoms with Crippen molar-refractivity contribution in [3.63, 3.8) is 0 Å². The largest absolute Gasteiger partial charge is 0.462 e. The molecule has 2 bridgehead atoms. The van der Waals surface area contributed by atoms with Gasteiger partial charge in [0.25, 0.3) is 0 Å². The highest BCUT2D eigenvalue weighted by Crippen LogP contribution is 2.67. The zero-order chi connectivity index (χ0) is 22.2. The number of fused-ring (bicyclic) bond motifs is 3. The lowest BCUT2D eigenvalue weighted by molar-refractivity contribution is -0.173. The number of Topliss-reactive ketones (excluding diaryl/α,β-unsaturated/α-hetero) is 1. The maximum atomic E-state index is 13.8. The van der Waals surface area contributed by atoms with Crippen molar-refractivity contribution in [3.05, 3.63) is 12.2 Å². The predicted molar refractivity (Wildman–Crippen MR) is 109 cm³/mol. The van der Waals surface area contributed by atoms with Gasteiger partial charge in [-0.15, -0.1) is 0 Å². The molecule has 4 fully saturated rings. The third kappa shape index (κ3) is 2.97. The third-order valence-corrected chi connectivity index (χ3v) is 8.34. The van der Waals surface area contributed by atoms with Crippen molar-refractivity contribution >= 4 is 17.7 Å². The Balaban J connectivity index is 1.84. The molecule has 0 aromatic carbocycles. The summed E-state index contributed by atoms with van der Waals surface area (Å²) in [4.78, 5) is 37.7. The van der Waals surface area contributed by atoms with Crippen LogP contribution < -0.4 is 0 Å². The zero-order valence-electron chi connectivity index (χ0n) is 18.9. The van der Waals surface area contributed by atoms with Crippen molar-refractivity contribution in [1.82, 2.24) is 0 Å². The van der Waals surface area contributed by atoms with E-state index in [1.54, 1.807) is 0 Å². The van der Waals surface area contributed by atoms with Gasteiger partial charge in [0.2, 0.25) is 0 Å². The Morgan fingerprint density at radius 3 is 2.33 bits per heavy atom. The van der Waals surface area contributed by atoms with Crippen molar-refractivity contribution < 1.29 is 28.6 Å². The molecule has 4 rings (SSSR count). The lowest BCUT2D eigenvalue weighted by atomic mass is 9.77. The Morgan fingerprint density at radius 2 is 1.73 bits per heavy atom. The molecule has 2 aliphatic heterocycles. The average molecular weight is 419 g/mol. The quantitative estimate of drug-likeness (QED) is 0.505. The van der Waals surface area contributed by atoms with Crippen molar-refractivity contribution in [1.29, 1.82) is 0 Å². The first-order valence-electron chi connectivity index (χ1n) is 11.2. The second-order valence-electron chi connectivity index (χ2n) is 10.6. The van der Waals surface area contributed by atoms with Crippen molar-refractivity contribution in [2.24, 2.45) is 35.0 Å². The SMILES string of the molecule is C=C1CC[C@H]2[C@@H]([C@@H]3O[C@]4(C[C@H](C)[C@H](OC(C)=O)[C@@H]4[C@H]1OC(C)=O)C(=O)[C@H]3C)C2(C)C. The minimum atomic E-state index is -1.12. The Morgan fingerprint density at radius 1 is 1.10 bits per heavy atom. The summed E-state index contributed by atoms with van der Waals surface area (Å²) in [5.41, 5.74) is -0.245. The van der Waals surface area contributed by atoms with Crippen LogP contribution in [0.1, 0.15) is 60.8 Å². The highest BCUT2D eigenvalue weighted by Gasteiger charge is 2.72. The van der Waals surface area contributed by atoms with Crippen LogP contribution >= 0.6 is 0 Å². The molecule has 4 aliphatic rings. The van der Waals surface area contributed by atoms with Crippen LogP contribution in [0.15, 0.2) is 12.2 Å². The molecule has 0 unspecified atom stereocenters. The molecule has 0 aromatic rings. The first-order chi connectivity index (χ1) is 13.9. The Labute approximate surface area is 178 Å². The summed E-state index contributed by atoms with van der Waals surface area (Å²) in [5.74, 6) is -0.947. The Hall–Kier alpha value is -1.69. The van der Waals surface area contributed by atoms with Gasteiger partial charge in [0.15, 0.2) is 5.78 Å². The highest BCUT2D eigenvalue weighted by molar-refractivity contribution is 5.93. The molecule has 0 amide bonds. The molecule has 2 saturated carbocycles. The molecular weight excluding hydrogens is 384 g/mol. The van der Waals surface area contributed by atoms with E-state index in [0.717, 1.165) is 12.0 Å². The lowest BCUT2D eigenvalue weighted by Crippen LogP contribution is -2.52. The number of carbonyl (C=O) groups excluding carboxylic acids is 3. The fraction of sp³-hybridized carbons (Fsp3) is 0.792. The van der Waals surface area contributed by atoms with E-state index < -0.39 is 35.7 Å². The zero-order valence-corrected chi connectivity index (χ0v) is 18.9. The maximum Gasteiger partial charge on any atom is 0.303 e. The molecule has 2 heterocycles. The van der Waals surface area contributed by atoms with E-state index in [2.05, 4.69) is 20.4 Å². The van der Waals surface area contributed by atoms with Gasteiger partial charge >= 0.3 is 11.9 Å². The van der Waals surface area contributed by atoms with Crippen LogP contribution in [0.2, 0.25) is 0 Å². The van der Waals surface area contributed by atoms with Crippen LogP contribution in [-0.4, -0.2) is 41.6 Å². The molecule has 0 N–H and O–H groups in total. The Bertz CT molecular complexity index is 800. The topological polar surface area (TPSA) is 78.9 Å². The third-order valence-electron chi connectivity index (χ3n) is 8.34. The van der Waals surface area contributed by atoms with Crippen molar-refractivity contribution in [3.8, 4) is 0 Å². The molecule has 166 valence electrons. The monoisotopic (exact) mass is 418 g/mol. The molecule has 1 spiro atoms. The second-order valence-corrected chi connectivity index (χ2v) is 10.6. The summed E-state index contributed by atoms with van der Waals surface area (Å²) in [5, 5.41) is 0. The summed E-state index contributed by atoms with van der Waals surface area (Å²) in [7, 11) is 0. The molecule has 9 atom stereocenters. The van der Waals surface area contributed by atoms with Crippen LogP contribution in [0.25, 0.3) is 0 Å². The summed E-state index contributed by atoms with van der Waals surface area (Å²) < 4.78 is 18.2. The molecular formula is C24H34O6. The molecule has 6 nitrogen and oxygen atoms in total. The van der Waals surface area contributed by atoms with Gasteiger partial charge < -0.3 is 14.2 Å². The van der Waals surface area contributed by atoms with Gasteiger partial charge in [-0.2, -0.15) is 0 Å². The second kappa shape index (κ2) is 6.91. The van der Waals surface area contributed by atoms with Gasteiger partial charge in [-0.05, 0) is 48.0 Å². The molecule has 6 heteroatoms. The number of rotatable bonds is 2. The van der Waals surface area contributed by atoms with Gasteiger partial charge in [-0.1, -0.05) is 34.3 Å². The molecule has 30 heavy (non-hydrogen) atoms. The number of hydrogen-bond donors (Lipinski definition) is 0. The summed E-state index contributed by atoms with van der Waals surface area (Å²) >= 11 is 0. The number of ether oxygens (including phenoxy) is 3. The van der Waals surface area contributed by atoms with Crippen LogP contribution in [0, 0.1) is 35.0 Å². The number of carbonyl (C=O) groups is 3.